The van der Waals surface area contributed by atoms with Crippen molar-refractivity contribution in [3.05, 3.63) is 35.4 Å². The minimum Gasteiger partial charge on any atom is -0.479 e. The van der Waals surface area contributed by atoms with Crippen LogP contribution in [0, 0.1) is 5.41 Å². The largest absolute Gasteiger partial charge is 0.479 e. The van der Waals surface area contributed by atoms with Gasteiger partial charge in [0.05, 0.1) is 0 Å². The van der Waals surface area contributed by atoms with E-state index in [0.717, 1.165) is 5.56 Å². The molecule has 102 valence electrons. The van der Waals surface area contributed by atoms with Gasteiger partial charge in [-0.3, -0.25) is 4.79 Å². The van der Waals surface area contributed by atoms with E-state index in [9.17, 15) is 9.59 Å². The third-order valence-electron chi connectivity index (χ3n) is 2.71. The lowest BCUT2D eigenvalue weighted by Gasteiger charge is -2.10. The second-order valence-corrected chi connectivity index (χ2v) is 4.32. The minimum absolute atomic E-state index is 0.0561. The van der Waals surface area contributed by atoms with Gasteiger partial charge in [-0.15, -0.1) is 0 Å². The summed E-state index contributed by atoms with van der Waals surface area (Å²) in [6.07, 6.45) is -0.496. The number of carbonyl (C=O) groups is 2. The van der Waals surface area contributed by atoms with Gasteiger partial charge in [0.1, 0.15) is 5.78 Å². The van der Waals surface area contributed by atoms with Crippen molar-refractivity contribution in [2.45, 2.75) is 25.9 Å². The Morgan fingerprint density at radius 2 is 1.89 bits per heavy atom. The molecule has 1 aromatic carbocycles. The molecule has 1 rings (SSSR count). The molecule has 0 aliphatic heterocycles. The predicted octanol–water partition coefficient (Wildman–Crippen LogP) is 1.68. The van der Waals surface area contributed by atoms with Gasteiger partial charge < -0.3 is 15.3 Å². The maximum absolute atomic E-state index is 10.9. The lowest BCUT2D eigenvalue weighted by Crippen LogP contribution is -2.24. The van der Waals surface area contributed by atoms with E-state index in [1.54, 1.807) is 24.3 Å². The zero-order chi connectivity index (χ0) is 14.4. The van der Waals surface area contributed by atoms with E-state index < -0.39 is 12.1 Å². The summed E-state index contributed by atoms with van der Waals surface area (Å²) in [4.78, 5) is 21.8. The number of benzene rings is 1. The van der Waals surface area contributed by atoms with Gasteiger partial charge in [0.25, 0.3) is 0 Å². The topological polar surface area (TPSA) is 87.5 Å². The van der Waals surface area contributed by atoms with E-state index in [-0.39, 0.29) is 24.3 Å². The highest BCUT2D eigenvalue weighted by Crippen LogP contribution is 2.10. The number of nitrogens with one attached hydrogen (secondary N) is 1. The molecule has 0 saturated heterocycles. The molecule has 5 nitrogen and oxygen atoms in total. The zero-order valence-corrected chi connectivity index (χ0v) is 11.0. The minimum atomic E-state index is -1.00. The van der Waals surface area contributed by atoms with Crippen LogP contribution in [0.15, 0.2) is 24.3 Å². The molecule has 19 heavy (non-hydrogen) atoms. The van der Waals surface area contributed by atoms with Crippen LogP contribution in [-0.4, -0.2) is 35.8 Å². The van der Waals surface area contributed by atoms with Crippen LogP contribution in [0.2, 0.25) is 0 Å². The van der Waals surface area contributed by atoms with E-state index in [4.69, 9.17) is 15.3 Å². The summed E-state index contributed by atoms with van der Waals surface area (Å²) in [5.41, 5.74) is 1.75. The van der Waals surface area contributed by atoms with Gasteiger partial charge >= 0.3 is 5.97 Å². The first kappa shape index (κ1) is 15.0. The third-order valence-corrected chi connectivity index (χ3v) is 2.71. The van der Waals surface area contributed by atoms with Crippen molar-refractivity contribution in [2.75, 3.05) is 7.11 Å². The summed E-state index contributed by atoms with van der Waals surface area (Å²) in [6, 6.07) is 6.93. The number of ketones is 1. The van der Waals surface area contributed by atoms with Gasteiger partial charge in [0.2, 0.25) is 0 Å². The Morgan fingerprint density at radius 3 is 2.32 bits per heavy atom. The van der Waals surface area contributed by atoms with E-state index in [2.05, 4.69) is 0 Å². The summed E-state index contributed by atoms with van der Waals surface area (Å²) in [5.74, 6) is -1.06. The molecule has 0 aromatic heterocycles. The van der Waals surface area contributed by atoms with E-state index in [1.165, 1.54) is 14.0 Å². The molecule has 0 saturated carbocycles. The number of carbonyl (C=O) groups excluding carboxylic acids is 1. The first-order chi connectivity index (χ1) is 8.93. The quantitative estimate of drug-likeness (QED) is 0.732. The summed E-state index contributed by atoms with van der Waals surface area (Å²) in [6.45, 7) is 1.44. The monoisotopic (exact) mass is 263 g/mol. The molecular formula is C14H17NO4. The molecule has 0 spiro atoms. The number of carboxylic acids is 1. The molecule has 1 atom stereocenters. The summed E-state index contributed by atoms with van der Waals surface area (Å²) < 4.78 is 4.86. The number of hydrogen-bond acceptors (Lipinski definition) is 4. The molecule has 0 bridgehead atoms. The molecule has 0 amide bonds. The second kappa shape index (κ2) is 6.80. The van der Waals surface area contributed by atoms with Crippen LogP contribution in [-0.2, 0) is 20.7 Å². The first-order valence-corrected chi connectivity index (χ1v) is 5.85. The van der Waals surface area contributed by atoms with Crippen LogP contribution >= 0.6 is 0 Å². The highest BCUT2D eigenvalue weighted by molar-refractivity contribution is 6.08. The Morgan fingerprint density at radius 1 is 1.32 bits per heavy atom. The van der Waals surface area contributed by atoms with Gasteiger partial charge in [-0.05, 0) is 18.1 Å². The molecular weight excluding hydrogens is 246 g/mol. The predicted molar refractivity (Wildman–Crippen MR) is 70.7 cm³/mol. The highest BCUT2D eigenvalue weighted by Gasteiger charge is 2.16. The molecule has 0 heterocycles. The molecule has 5 heteroatoms. The zero-order valence-electron chi connectivity index (χ0n) is 11.0. The molecule has 0 radical (unpaired) electrons. The Labute approximate surface area is 111 Å². The summed E-state index contributed by atoms with van der Waals surface area (Å²) in [7, 11) is 1.36. The fraction of sp³-hybridized carbons (Fsp3) is 0.357. The normalized spacial score (nSPS) is 11.9. The van der Waals surface area contributed by atoms with Crippen LogP contribution in [0.25, 0.3) is 0 Å². The smallest absolute Gasteiger partial charge is 0.333 e. The van der Waals surface area contributed by atoms with Crippen molar-refractivity contribution < 1.29 is 19.4 Å². The SMILES string of the molecule is COC(Cc1ccc(C(=N)CC(C)=O)cc1)C(=O)O. The molecule has 0 aliphatic carbocycles. The molecule has 1 aromatic rings. The maximum Gasteiger partial charge on any atom is 0.333 e. The van der Waals surface area contributed by atoms with Crippen LogP contribution in [0.3, 0.4) is 0 Å². The number of rotatable bonds is 7. The van der Waals surface area contributed by atoms with Gasteiger partial charge in [-0.1, -0.05) is 24.3 Å². The lowest BCUT2D eigenvalue weighted by molar-refractivity contribution is -0.148. The van der Waals surface area contributed by atoms with Crippen LogP contribution < -0.4 is 0 Å². The summed E-state index contributed by atoms with van der Waals surface area (Å²) >= 11 is 0. The Hall–Kier alpha value is -2.01. The molecule has 2 N–H and O–H groups in total. The van der Waals surface area contributed by atoms with Gasteiger partial charge in [0.15, 0.2) is 6.10 Å². The summed E-state index contributed by atoms with van der Waals surface area (Å²) in [5, 5.41) is 16.6. The standard InChI is InChI=1S/C14H17NO4/c1-9(16)7-12(15)11-5-3-10(4-6-11)8-13(19-2)14(17)18/h3-6,13,15H,7-8H2,1-2H3,(H,17,18). The molecule has 1 unspecified atom stereocenters. The first-order valence-electron chi connectivity index (χ1n) is 5.85. The highest BCUT2D eigenvalue weighted by atomic mass is 16.5. The van der Waals surface area contributed by atoms with Crippen LogP contribution in [0.1, 0.15) is 24.5 Å². The average Bonchev–Trinajstić information content (AvgIpc) is 2.35. The number of carboxylic acid groups (broad SMARTS) is 1. The number of aliphatic carboxylic acids is 1. The lowest BCUT2D eigenvalue weighted by atomic mass is 10.0. The van der Waals surface area contributed by atoms with Crippen molar-refractivity contribution in [1.29, 1.82) is 5.41 Å². The van der Waals surface area contributed by atoms with Crippen molar-refractivity contribution in [1.82, 2.24) is 0 Å². The van der Waals surface area contributed by atoms with Crippen molar-refractivity contribution in [3.8, 4) is 0 Å². The van der Waals surface area contributed by atoms with E-state index in [0.29, 0.717) is 5.56 Å². The van der Waals surface area contributed by atoms with Gasteiger partial charge in [-0.25, -0.2) is 4.79 Å². The second-order valence-electron chi connectivity index (χ2n) is 4.32. The number of hydrogen-bond donors (Lipinski definition) is 2. The number of Topliss-reactive ketones (excluding diaryl/α,β-unsaturated/α-hetero) is 1. The fourth-order valence-electron chi connectivity index (χ4n) is 1.68. The Balaban J connectivity index is 2.73. The van der Waals surface area contributed by atoms with Crippen molar-refractivity contribution >= 4 is 17.5 Å². The van der Waals surface area contributed by atoms with Gasteiger partial charge in [0, 0.05) is 25.7 Å². The Kier molecular flexibility index (Phi) is 5.38. The fourth-order valence-corrected chi connectivity index (χ4v) is 1.68. The van der Waals surface area contributed by atoms with E-state index in [1.807, 2.05) is 0 Å². The van der Waals surface area contributed by atoms with Crippen molar-refractivity contribution in [3.63, 3.8) is 0 Å². The van der Waals surface area contributed by atoms with Gasteiger partial charge in [-0.2, -0.15) is 0 Å². The van der Waals surface area contributed by atoms with Crippen molar-refractivity contribution in [2.24, 2.45) is 0 Å². The number of methoxy groups -OCH3 is 1. The Bertz CT molecular complexity index is 479. The average molecular weight is 263 g/mol. The third kappa shape index (κ3) is 4.63. The molecule has 0 fully saturated rings. The van der Waals surface area contributed by atoms with Crippen LogP contribution in [0.4, 0.5) is 0 Å². The molecule has 0 aliphatic rings. The van der Waals surface area contributed by atoms with Crippen LogP contribution in [0.5, 0.6) is 0 Å². The maximum atomic E-state index is 10.9. The number of ether oxygens (including phenoxy) is 1. The van der Waals surface area contributed by atoms with E-state index >= 15 is 0 Å².